The molecule has 0 aromatic rings. The molecule has 0 saturated heterocycles. The fraction of sp³-hybridized carbons (Fsp3) is 0.844. The van der Waals surface area contributed by atoms with Gasteiger partial charge in [-0.1, -0.05) is 24.5 Å². The van der Waals surface area contributed by atoms with Crippen LogP contribution in [0.15, 0.2) is 4.99 Å². The smallest absolute Gasteiger partial charge is 0.437 e. The summed E-state index contributed by atoms with van der Waals surface area (Å²) in [5, 5.41) is 4.11. The highest BCUT2D eigenvalue weighted by molar-refractivity contribution is 7.96. The van der Waals surface area contributed by atoms with Crippen molar-refractivity contribution >= 4 is 41.8 Å². The van der Waals surface area contributed by atoms with E-state index < -0.39 is 46.6 Å². The molecule has 0 spiro atoms. The minimum Gasteiger partial charge on any atom is -0.443 e. The van der Waals surface area contributed by atoms with Crippen molar-refractivity contribution in [1.29, 1.82) is 0 Å². The number of carbonyl (C=O) groups excluding carboxylic acids is 4. The van der Waals surface area contributed by atoms with E-state index in [1.54, 1.807) is 41.5 Å². The van der Waals surface area contributed by atoms with Gasteiger partial charge >= 0.3 is 12.2 Å². The fourth-order valence-corrected chi connectivity index (χ4v) is 3.93. The molecule has 0 rings (SSSR count). The van der Waals surface area contributed by atoms with Crippen molar-refractivity contribution in [1.82, 2.24) is 15.4 Å². The lowest BCUT2D eigenvalue weighted by Gasteiger charge is -2.37. The highest BCUT2D eigenvalue weighted by Gasteiger charge is 2.35. The van der Waals surface area contributed by atoms with E-state index in [0.29, 0.717) is 13.0 Å². The van der Waals surface area contributed by atoms with Crippen molar-refractivity contribution in [3.8, 4) is 0 Å². The summed E-state index contributed by atoms with van der Waals surface area (Å²) in [4.78, 5) is 67.1. The first-order valence-corrected chi connectivity index (χ1v) is 16.5. The summed E-state index contributed by atoms with van der Waals surface area (Å²) in [7, 11) is 0. The predicted molar refractivity (Wildman–Crippen MR) is 182 cm³/mol. The van der Waals surface area contributed by atoms with Crippen molar-refractivity contribution in [2.45, 2.75) is 163 Å². The average molecular weight is 676 g/mol. The normalized spacial score (nSPS) is 13.7. The van der Waals surface area contributed by atoms with Gasteiger partial charge in [0.05, 0.1) is 11.2 Å². The molecule has 0 aromatic heterocycles. The van der Waals surface area contributed by atoms with Crippen LogP contribution in [0.5, 0.6) is 0 Å². The van der Waals surface area contributed by atoms with Gasteiger partial charge in [-0.15, -0.1) is 17.6 Å². The second kappa shape index (κ2) is 19.4. The van der Waals surface area contributed by atoms with E-state index in [1.165, 1.54) is 5.23 Å². The maximum Gasteiger partial charge on any atom is 0.437 e. The number of thiol groups is 1. The first-order valence-electron chi connectivity index (χ1n) is 16.0. The standard InChI is InChI=1S/C32H61N5O8S/c1-29(2,3)42-27(40)35-26(33)36(28(41)43-30(4,5)6)22-18-19-23(37(44-31(7,8)9)45-32(10,11)12)25(39)34-21-17-15-13-14-16-20-24(38)46/h23H,13-22H2,1-12H3,(H,34,39)(H,38,46)(H2,33,35,40). The third kappa shape index (κ3) is 23.0. The quantitative estimate of drug-likeness (QED) is 0.0557. The van der Waals surface area contributed by atoms with Crippen LogP contribution in [0, 0.1) is 0 Å². The molecule has 1 unspecified atom stereocenters. The highest BCUT2D eigenvalue weighted by Crippen LogP contribution is 2.22. The number of ether oxygens (including phenoxy) is 2. The number of hydrogen-bond acceptors (Lipinski definition) is 9. The van der Waals surface area contributed by atoms with E-state index in [4.69, 9.17) is 24.9 Å². The lowest BCUT2D eigenvalue weighted by Crippen LogP contribution is -2.52. The van der Waals surface area contributed by atoms with Gasteiger partial charge in [-0.25, -0.2) is 14.5 Å². The zero-order valence-electron chi connectivity index (χ0n) is 30.3. The van der Waals surface area contributed by atoms with E-state index in [2.05, 4.69) is 22.9 Å². The lowest BCUT2D eigenvalue weighted by atomic mass is 10.1. The summed E-state index contributed by atoms with van der Waals surface area (Å²) in [5.41, 5.74) is 3.08. The van der Waals surface area contributed by atoms with Crippen molar-refractivity contribution in [3.63, 3.8) is 0 Å². The summed E-state index contributed by atoms with van der Waals surface area (Å²) >= 11 is 3.80. The van der Waals surface area contributed by atoms with Crippen molar-refractivity contribution in [3.05, 3.63) is 0 Å². The fourth-order valence-electron chi connectivity index (χ4n) is 3.78. The Bertz CT molecular complexity index is 994. The van der Waals surface area contributed by atoms with E-state index in [9.17, 15) is 19.2 Å². The SMILES string of the molecule is CC(C)(C)OC(=O)N=C(N)N(CCCC(C(=O)NCCCCCCCC(=O)S)N(OC(C)(C)C)OC(C)(C)C)C(=O)OC(C)(C)C. The summed E-state index contributed by atoms with van der Waals surface area (Å²) in [6.45, 7) is 21.7. The molecule has 0 saturated carbocycles. The number of hydroxylamine groups is 2. The molecule has 0 bridgehead atoms. The van der Waals surface area contributed by atoms with E-state index in [-0.39, 0.29) is 30.4 Å². The van der Waals surface area contributed by atoms with Gasteiger partial charge in [-0.3, -0.25) is 19.3 Å². The molecule has 14 heteroatoms. The molecule has 0 radical (unpaired) electrons. The molecule has 3 amide bonds. The second-order valence-corrected chi connectivity index (χ2v) is 15.6. The van der Waals surface area contributed by atoms with Crippen LogP contribution in [-0.4, -0.2) is 80.8 Å². The number of unbranched alkanes of at least 4 members (excludes halogenated alkanes) is 4. The van der Waals surface area contributed by atoms with Crippen molar-refractivity contribution in [2.24, 2.45) is 10.7 Å². The van der Waals surface area contributed by atoms with Crippen LogP contribution in [0.1, 0.15) is 134 Å². The molecule has 268 valence electrons. The number of nitrogens with zero attached hydrogens (tertiary/aromatic N) is 3. The van der Waals surface area contributed by atoms with E-state index >= 15 is 0 Å². The molecule has 13 nitrogen and oxygen atoms in total. The Morgan fingerprint density at radius 2 is 1.24 bits per heavy atom. The molecular formula is C32H61N5O8S. The van der Waals surface area contributed by atoms with Gasteiger partial charge in [-0.05, 0) is 109 Å². The summed E-state index contributed by atoms with van der Waals surface area (Å²) < 4.78 is 10.7. The number of carbonyl (C=O) groups is 4. The van der Waals surface area contributed by atoms with Crippen LogP contribution in [0.3, 0.4) is 0 Å². The Hall–Kier alpha value is -2.42. The largest absolute Gasteiger partial charge is 0.443 e. The molecule has 3 N–H and O–H groups in total. The van der Waals surface area contributed by atoms with Crippen LogP contribution in [-0.2, 0) is 28.7 Å². The monoisotopic (exact) mass is 675 g/mol. The zero-order chi connectivity index (χ0) is 35.9. The Balaban J connectivity index is 5.93. The number of guanidine groups is 1. The van der Waals surface area contributed by atoms with Gasteiger partial charge in [0.25, 0.3) is 0 Å². The first-order chi connectivity index (χ1) is 20.8. The third-order valence-corrected chi connectivity index (χ3v) is 5.72. The molecule has 0 aromatic carbocycles. The Morgan fingerprint density at radius 1 is 0.739 bits per heavy atom. The number of nitrogens with two attached hydrogens (primary N) is 1. The molecule has 0 fully saturated rings. The van der Waals surface area contributed by atoms with E-state index in [1.807, 2.05) is 41.5 Å². The maximum atomic E-state index is 13.6. The van der Waals surface area contributed by atoms with Crippen molar-refractivity contribution in [2.75, 3.05) is 13.1 Å². The van der Waals surface area contributed by atoms with Crippen LogP contribution in [0.4, 0.5) is 9.59 Å². The maximum absolute atomic E-state index is 13.6. The minimum absolute atomic E-state index is 0.0233. The molecule has 0 aliphatic carbocycles. The summed E-state index contributed by atoms with van der Waals surface area (Å²) in [5.74, 6) is -0.703. The number of nitrogens with one attached hydrogen (secondary N) is 1. The highest BCUT2D eigenvalue weighted by atomic mass is 32.1. The van der Waals surface area contributed by atoms with Crippen LogP contribution in [0.2, 0.25) is 0 Å². The van der Waals surface area contributed by atoms with Crippen LogP contribution >= 0.6 is 12.6 Å². The Morgan fingerprint density at radius 3 is 1.72 bits per heavy atom. The third-order valence-electron chi connectivity index (χ3n) is 5.50. The van der Waals surface area contributed by atoms with Gasteiger partial charge in [0, 0.05) is 19.5 Å². The summed E-state index contributed by atoms with van der Waals surface area (Å²) in [6, 6.07) is -0.899. The first kappa shape index (κ1) is 43.6. The number of hydrogen-bond donors (Lipinski definition) is 3. The molecule has 0 heterocycles. The Kier molecular flexibility index (Phi) is 18.4. The van der Waals surface area contributed by atoms with Crippen molar-refractivity contribution < 1.29 is 38.3 Å². The molecular weight excluding hydrogens is 614 g/mol. The van der Waals surface area contributed by atoms with Gasteiger partial charge in [0.15, 0.2) is 5.12 Å². The molecule has 46 heavy (non-hydrogen) atoms. The topological polar surface area (TPSA) is 162 Å². The zero-order valence-corrected chi connectivity index (χ0v) is 31.2. The molecule has 0 aliphatic heterocycles. The predicted octanol–water partition coefficient (Wildman–Crippen LogP) is 6.30. The van der Waals surface area contributed by atoms with Gasteiger partial charge < -0.3 is 20.5 Å². The van der Waals surface area contributed by atoms with Gasteiger partial charge in [0.2, 0.25) is 11.9 Å². The summed E-state index contributed by atoms with van der Waals surface area (Å²) in [6.07, 6.45) is 3.46. The average Bonchev–Trinajstić information content (AvgIpc) is 2.80. The number of aliphatic imine (C=N–C) groups is 1. The minimum atomic E-state index is -0.950. The van der Waals surface area contributed by atoms with E-state index in [0.717, 1.165) is 37.0 Å². The molecule has 1 atom stereocenters. The van der Waals surface area contributed by atoms with Gasteiger partial charge in [0.1, 0.15) is 17.2 Å². The Labute approximate surface area is 282 Å². The lowest BCUT2D eigenvalue weighted by molar-refractivity contribution is -0.440. The van der Waals surface area contributed by atoms with Crippen LogP contribution in [0.25, 0.3) is 0 Å². The molecule has 0 aliphatic rings. The second-order valence-electron chi connectivity index (χ2n) is 15.1. The van der Waals surface area contributed by atoms with Gasteiger partial charge in [-0.2, -0.15) is 0 Å². The van der Waals surface area contributed by atoms with Crippen LogP contribution < -0.4 is 11.1 Å². The number of amides is 3. The number of rotatable bonds is 16.